The molecule has 0 bridgehead atoms. The van der Waals surface area contributed by atoms with E-state index >= 15 is 0 Å². The highest BCUT2D eigenvalue weighted by Crippen LogP contribution is 2.35. The van der Waals surface area contributed by atoms with Crippen LogP contribution in [-0.2, 0) is 17.6 Å². The second kappa shape index (κ2) is 6.82. The number of rotatable bonds is 4. The van der Waals surface area contributed by atoms with Crippen LogP contribution in [0.25, 0.3) is 21.8 Å². The van der Waals surface area contributed by atoms with Crippen LogP contribution in [0, 0.1) is 5.82 Å². The molecule has 2 aromatic carbocycles. The first-order valence-corrected chi connectivity index (χ1v) is 9.83. The Morgan fingerprint density at radius 2 is 2.04 bits per heavy atom. The van der Waals surface area contributed by atoms with Crippen LogP contribution in [-0.4, -0.2) is 15.9 Å². The molecule has 28 heavy (non-hydrogen) atoms. The standard InChI is InChI=1S/C23H22FN3O/c24-15-9-10-20-18(12-15)17-5-3-7-21(23(17)27-20)26-22(28)11-8-14-13-25-19-6-2-1-4-16(14)19/h1-2,4,6,9-10,12-13,21,25,27H,3,5,7-8,11H2,(H,26,28)/t21-/m1/s1. The van der Waals surface area contributed by atoms with Crippen molar-refractivity contribution in [2.24, 2.45) is 0 Å². The fourth-order valence-electron chi connectivity index (χ4n) is 4.43. The predicted molar refractivity (Wildman–Crippen MR) is 109 cm³/mol. The van der Waals surface area contributed by atoms with Crippen LogP contribution in [0.15, 0.2) is 48.7 Å². The van der Waals surface area contributed by atoms with Gasteiger partial charge in [-0.1, -0.05) is 18.2 Å². The van der Waals surface area contributed by atoms with E-state index in [1.807, 2.05) is 24.4 Å². The van der Waals surface area contributed by atoms with Crippen molar-refractivity contribution < 1.29 is 9.18 Å². The van der Waals surface area contributed by atoms with E-state index in [0.29, 0.717) is 12.8 Å². The summed E-state index contributed by atoms with van der Waals surface area (Å²) in [5, 5.41) is 5.30. The lowest BCUT2D eigenvalue weighted by atomic mass is 9.91. The normalized spacial score (nSPS) is 16.4. The second-order valence-electron chi connectivity index (χ2n) is 7.58. The summed E-state index contributed by atoms with van der Waals surface area (Å²) in [6, 6.07) is 12.9. The Labute approximate surface area is 162 Å². The zero-order valence-corrected chi connectivity index (χ0v) is 15.5. The van der Waals surface area contributed by atoms with Crippen molar-refractivity contribution in [1.82, 2.24) is 15.3 Å². The fraction of sp³-hybridized carbons (Fsp3) is 0.261. The fourth-order valence-corrected chi connectivity index (χ4v) is 4.43. The van der Waals surface area contributed by atoms with E-state index in [-0.39, 0.29) is 17.8 Å². The highest BCUT2D eigenvalue weighted by atomic mass is 19.1. The molecular weight excluding hydrogens is 353 g/mol. The summed E-state index contributed by atoms with van der Waals surface area (Å²) in [4.78, 5) is 19.3. The number of nitrogens with one attached hydrogen (secondary N) is 3. The number of benzene rings is 2. The average Bonchev–Trinajstić information content (AvgIpc) is 3.28. The van der Waals surface area contributed by atoms with E-state index in [1.165, 1.54) is 11.5 Å². The third-order valence-corrected chi connectivity index (χ3v) is 5.80. The molecule has 1 amide bonds. The predicted octanol–water partition coefficient (Wildman–Crippen LogP) is 4.91. The number of carbonyl (C=O) groups excluding carboxylic acids is 1. The van der Waals surface area contributed by atoms with Gasteiger partial charge in [0.05, 0.1) is 6.04 Å². The number of aryl methyl sites for hydroxylation is 2. The first-order chi connectivity index (χ1) is 13.7. The van der Waals surface area contributed by atoms with Gasteiger partial charge in [0, 0.05) is 40.1 Å². The lowest BCUT2D eigenvalue weighted by molar-refractivity contribution is -0.121. The number of H-pyrrole nitrogens is 2. The Kier molecular flexibility index (Phi) is 4.15. The van der Waals surface area contributed by atoms with Gasteiger partial charge < -0.3 is 15.3 Å². The first-order valence-electron chi connectivity index (χ1n) is 9.83. The zero-order valence-electron chi connectivity index (χ0n) is 15.5. The monoisotopic (exact) mass is 375 g/mol. The number of hydrogen-bond acceptors (Lipinski definition) is 1. The minimum absolute atomic E-state index is 0.0327. The first kappa shape index (κ1) is 17.0. The maximum Gasteiger partial charge on any atom is 0.220 e. The van der Waals surface area contributed by atoms with E-state index in [0.717, 1.165) is 52.5 Å². The molecule has 0 aliphatic heterocycles. The van der Waals surface area contributed by atoms with Crippen molar-refractivity contribution in [3.63, 3.8) is 0 Å². The molecule has 0 fully saturated rings. The molecule has 3 N–H and O–H groups in total. The lowest BCUT2D eigenvalue weighted by Crippen LogP contribution is -2.31. The van der Waals surface area contributed by atoms with Crippen molar-refractivity contribution in [3.05, 3.63) is 71.3 Å². The highest BCUT2D eigenvalue weighted by molar-refractivity contribution is 5.86. The summed E-state index contributed by atoms with van der Waals surface area (Å²) in [6.07, 6.45) is 5.95. The van der Waals surface area contributed by atoms with Gasteiger partial charge >= 0.3 is 0 Å². The minimum Gasteiger partial charge on any atom is -0.361 e. The summed E-state index contributed by atoms with van der Waals surface area (Å²) in [5.41, 5.74) is 5.37. The quantitative estimate of drug-likeness (QED) is 0.466. The lowest BCUT2D eigenvalue weighted by Gasteiger charge is -2.24. The summed E-state index contributed by atoms with van der Waals surface area (Å²) in [7, 11) is 0. The van der Waals surface area contributed by atoms with Gasteiger partial charge in [-0.2, -0.15) is 0 Å². The molecule has 5 heteroatoms. The van der Waals surface area contributed by atoms with Gasteiger partial charge in [0.1, 0.15) is 5.82 Å². The maximum atomic E-state index is 13.7. The van der Waals surface area contributed by atoms with Crippen molar-refractivity contribution in [2.45, 2.75) is 38.1 Å². The topological polar surface area (TPSA) is 60.7 Å². The van der Waals surface area contributed by atoms with E-state index in [4.69, 9.17) is 0 Å². The van der Waals surface area contributed by atoms with Crippen molar-refractivity contribution in [2.75, 3.05) is 0 Å². The van der Waals surface area contributed by atoms with Crippen molar-refractivity contribution in [3.8, 4) is 0 Å². The Bertz CT molecular complexity index is 1170. The molecule has 4 aromatic rings. The van der Waals surface area contributed by atoms with Gasteiger partial charge in [-0.25, -0.2) is 4.39 Å². The third-order valence-electron chi connectivity index (χ3n) is 5.80. The van der Waals surface area contributed by atoms with Gasteiger partial charge in [0.25, 0.3) is 0 Å². The Balaban J connectivity index is 1.31. The van der Waals surface area contributed by atoms with Gasteiger partial charge in [-0.05, 0) is 61.1 Å². The number of aromatic nitrogens is 2. The van der Waals surface area contributed by atoms with E-state index in [9.17, 15) is 9.18 Å². The number of hydrogen-bond donors (Lipinski definition) is 3. The molecule has 0 unspecified atom stereocenters. The van der Waals surface area contributed by atoms with E-state index < -0.39 is 0 Å². The molecular formula is C23H22FN3O. The second-order valence-corrected chi connectivity index (χ2v) is 7.58. The Hall–Kier alpha value is -3.08. The Morgan fingerprint density at radius 3 is 2.96 bits per heavy atom. The molecule has 1 aliphatic rings. The number of fused-ring (bicyclic) bond motifs is 4. The van der Waals surface area contributed by atoms with Gasteiger partial charge in [-0.15, -0.1) is 0 Å². The molecule has 5 rings (SSSR count). The van der Waals surface area contributed by atoms with Crippen LogP contribution in [0.5, 0.6) is 0 Å². The number of amides is 1. The largest absolute Gasteiger partial charge is 0.361 e. The summed E-state index contributed by atoms with van der Waals surface area (Å²) in [6.45, 7) is 0. The molecule has 0 radical (unpaired) electrons. The SMILES string of the molecule is O=C(CCc1c[nH]c2ccccc12)N[C@@H]1CCCc2c1[nH]c1ccc(F)cc21. The Morgan fingerprint density at radius 1 is 1.14 bits per heavy atom. The van der Waals surface area contributed by atoms with Crippen LogP contribution in [0.3, 0.4) is 0 Å². The molecule has 142 valence electrons. The molecule has 0 spiro atoms. The molecule has 0 saturated carbocycles. The van der Waals surface area contributed by atoms with E-state index in [1.54, 1.807) is 12.1 Å². The minimum atomic E-state index is -0.223. The van der Waals surface area contributed by atoms with E-state index in [2.05, 4.69) is 21.4 Å². The number of halogens is 1. The molecule has 1 atom stereocenters. The third kappa shape index (κ3) is 2.97. The van der Waals surface area contributed by atoms with Crippen LogP contribution in [0.4, 0.5) is 4.39 Å². The molecule has 4 nitrogen and oxygen atoms in total. The number of carbonyl (C=O) groups is 1. The van der Waals surface area contributed by atoms with Gasteiger partial charge in [-0.3, -0.25) is 4.79 Å². The van der Waals surface area contributed by atoms with Crippen molar-refractivity contribution >= 4 is 27.7 Å². The highest BCUT2D eigenvalue weighted by Gasteiger charge is 2.25. The number of para-hydroxylation sites is 1. The molecule has 0 saturated heterocycles. The summed E-state index contributed by atoms with van der Waals surface area (Å²) in [5.74, 6) is -0.174. The molecule has 2 heterocycles. The summed E-state index contributed by atoms with van der Waals surface area (Å²) >= 11 is 0. The number of aromatic amines is 2. The van der Waals surface area contributed by atoms with Crippen molar-refractivity contribution in [1.29, 1.82) is 0 Å². The zero-order chi connectivity index (χ0) is 19.1. The maximum absolute atomic E-state index is 13.7. The van der Waals surface area contributed by atoms with Gasteiger partial charge in [0.15, 0.2) is 0 Å². The van der Waals surface area contributed by atoms with Crippen LogP contribution in [0.1, 0.15) is 42.1 Å². The molecule has 1 aliphatic carbocycles. The smallest absolute Gasteiger partial charge is 0.220 e. The molecule has 2 aromatic heterocycles. The van der Waals surface area contributed by atoms with Crippen LogP contribution < -0.4 is 5.32 Å². The summed E-state index contributed by atoms with van der Waals surface area (Å²) < 4.78 is 13.7. The average molecular weight is 375 g/mol. The van der Waals surface area contributed by atoms with Gasteiger partial charge in [0.2, 0.25) is 5.91 Å². The van der Waals surface area contributed by atoms with Crippen LogP contribution in [0.2, 0.25) is 0 Å². The van der Waals surface area contributed by atoms with Crippen LogP contribution >= 0.6 is 0 Å².